The summed E-state index contributed by atoms with van der Waals surface area (Å²) in [5.41, 5.74) is 2.07. The molecule has 0 unspecified atom stereocenters. The molecule has 1 amide bonds. The van der Waals surface area contributed by atoms with Crippen molar-refractivity contribution in [1.82, 2.24) is 14.9 Å². The number of hydrogen-bond acceptors (Lipinski definition) is 4. The van der Waals surface area contributed by atoms with Crippen molar-refractivity contribution in [2.24, 2.45) is 28.6 Å². The van der Waals surface area contributed by atoms with Crippen molar-refractivity contribution in [3.8, 4) is 0 Å². The van der Waals surface area contributed by atoms with Crippen molar-refractivity contribution < 1.29 is 9.90 Å². The Hall–Kier alpha value is -2.01. The smallest absolute Gasteiger partial charge is 0.246 e. The fraction of sp³-hybridized carbons (Fsp3) is 0.640. The standard InChI is InChI=1S/C25H33N3O2/c1-15-26-13-16(14-27-15)11-17-12-20-18-5-6-21-24(2,10-8-22(29)28(21)4)19(18)7-9-25(20,3)23(17)30/h8,10-11,13-14,18-21,23,30H,5-7,9,12H2,1-4H3/b17-11-/t18-,19+,20+,21-,23+,24-,25+/m1/s1. The molecule has 1 aliphatic heterocycles. The summed E-state index contributed by atoms with van der Waals surface area (Å²) in [6.45, 7) is 6.55. The highest BCUT2D eigenvalue weighted by atomic mass is 16.3. The number of aliphatic hydroxyl groups is 1. The lowest BCUT2D eigenvalue weighted by molar-refractivity contribution is -0.140. The lowest BCUT2D eigenvalue weighted by atomic mass is 9.48. The van der Waals surface area contributed by atoms with Gasteiger partial charge in [-0.1, -0.05) is 26.0 Å². The highest BCUT2D eigenvalue weighted by Crippen LogP contribution is 2.64. The molecule has 30 heavy (non-hydrogen) atoms. The van der Waals surface area contributed by atoms with Crippen LogP contribution in [0, 0.1) is 35.5 Å². The Morgan fingerprint density at radius 1 is 1.17 bits per heavy atom. The van der Waals surface area contributed by atoms with Gasteiger partial charge in [-0.3, -0.25) is 4.79 Å². The third kappa shape index (κ3) is 2.74. The van der Waals surface area contributed by atoms with Crippen LogP contribution in [0.3, 0.4) is 0 Å². The van der Waals surface area contributed by atoms with Crippen molar-refractivity contribution >= 4 is 12.0 Å². The van der Waals surface area contributed by atoms with E-state index in [1.165, 1.54) is 0 Å². The summed E-state index contributed by atoms with van der Waals surface area (Å²) in [5, 5.41) is 11.3. The Morgan fingerprint density at radius 2 is 1.90 bits per heavy atom. The lowest BCUT2D eigenvalue weighted by Crippen LogP contribution is -2.59. The van der Waals surface area contributed by atoms with Crippen LogP contribution >= 0.6 is 0 Å². The van der Waals surface area contributed by atoms with Gasteiger partial charge >= 0.3 is 0 Å². The van der Waals surface area contributed by atoms with E-state index in [0.717, 1.165) is 49.1 Å². The van der Waals surface area contributed by atoms with Crippen LogP contribution < -0.4 is 0 Å². The molecule has 0 saturated heterocycles. The van der Waals surface area contributed by atoms with E-state index in [0.29, 0.717) is 23.8 Å². The third-order valence-electron chi connectivity index (χ3n) is 9.15. The zero-order chi connectivity index (χ0) is 21.3. The molecule has 0 radical (unpaired) electrons. The number of carbonyl (C=O) groups is 1. The van der Waals surface area contributed by atoms with E-state index in [9.17, 15) is 9.90 Å². The molecule has 1 N–H and O–H groups in total. The summed E-state index contributed by atoms with van der Waals surface area (Å²) in [7, 11) is 1.96. The Balaban J connectivity index is 1.47. The van der Waals surface area contributed by atoms with Gasteiger partial charge in [-0.15, -0.1) is 0 Å². The number of aryl methyl sites for hydroxylation is 1. The highest BCUT2D eigenvalue weighted by molar-refractivity contribution is 5.89. The van der Waals surface area contributed by atoms with Crippen molar-refractivity contribution in [3.05, 3.63) is 41.5 Å². The molecule has 3 saturated carbocycles. The minimum Gasteiger partial charge on any atom is -0.388 e. The molecule has 1 aromatic rings. The second-order valence-electron chi connectivity index (χ2n) is 10.6. The van der Waals surface area contributed by atoms with Gasteiger partial charge in [-0.25, -0.2) is 9.97 Å². The van der Waals surface area contributed by atoms with E-state index < -0.39 is 6.10 Å². The summed E-state index contributed by atoms with van der Waals surface area (Å²) in [5.74, 6) is 2.54. The van der Waals surface area contributed by atoms with Crippen LogP contribution in [0.15, 0.2) is 30.1 Å². The van der Waals surface area contributed by atoms with E-state index in [1.807, 2.05) is 31.3 Å². The lowest BCUT2D eigenvalue weighted by Gasteiger charge is -2.59. The molecule has 4 aliphatic rings. The first-order valence-corrected chi connectivity index (χ1v) is 11.4. The minimum absolute atomic E-state index is 0.0368. The van der Waals surface area contributed by atoms with Gasteiger partial charge in [-0.05, 0) is 68.4 Å². The molecule has 5 rings (SSSR count). The SMILES string of the molecule is Cc1ncc(/C=C2/C[C@H]3[C@@H]4CC[C@H]5N(C)C(=O)C=C[C@]5(C)[C@H]4CC[C@]3(C)[C@H]2O)cn1. The molecule has 5 nitrogen and oxygen atoms in total. The van der Waals surface area contributed by atoms with Crippen LogP contribution in [0.1, 0.15) is 57.3 Å². The summed E-state index contributed by atoms with van der Waals surface area (Å²) in [6, 6.07) is 0.298. The molecule has 3 fully saturated rings. The zero-order valence-electron chi connectivity index (χ0n) is 18.5. The summed E-state index contributed by atoms with van der Waals surface area (Å²) >= 11 is 0. The number of carbonyl (C=O) groups excluding carboxylic acids is 1. The largest absolute Gasteiger partial charge is 0.388 e. The number of rotatable bonds is 1. The molecular weight excluding hydrogens is 374 g/mol. The summed E-state index contributed by atoms with van der Waals surface area (Å²) < 4.78 is 0. The number of aromatic nitrogens is 2. The van der Waals surface area contributed by atoms with Crippen LogP contribution in [0.25, 0.3) is 6.08 Å². The van der Waals surface area contributed by atoms with Crippen molar-refractivity contribution in [2.75, 3.05) is 7.05 Å². The third-order valence-corrected chi connectivity index (χ3v) is 9.15. The molecule has 3 aliphatic carbocycles. The number of nitrogens with zero attached hydrogens (tertiary/aromatic N) is 3. The van der Waals surface area contributed by atoms with Gasteiger partial charge in [0, 0.05) is 41.9 Å². The molecule has 1 aromatic heterocycles. The number of fused-ring (bicyclic) bond motifs is 5. The van der Waals surface area contributed by atoms with Crippen LogP contribution in [0.5, 0.6) is 0 Å². The summed E-state index contributed by atoms with van der Waals surface area (Å²) in [4.78, 5) is 22.8. The predicted molar refractivity (Wildman–Crippen MR) is 116 cm³/mol. The van der Waals surface area contributed by atoms with Crippen LogP contribution in [0.2, 0.25) is 0 Å². The normalized spacial score (nSPS) is 44.0. The number of aliphatic hydroxyl groups excluding tert-OH is 1. The first-order chi connectivity index (χ1) is 14.2. The Bertz CT molecular complexity index is 923. The Kier molecular flexibility index (Phi) is 4.48. The van der Waals surface area contributed by atoms with E-state index in [2.05, 4.69) is 36.0 Å². The number of likely N-dealkylation sites (N-methyl/N-ethyl adjacent to an activating group) is 1. The molecule has 0 aromatic carbocycles. The molecule has 160 valence electrons. The molecule has 5 heteroatoms. The maximum atomic E-state index is 12.3. The van der Waals surface area contributed by atoms with Crippen LogP contribution in [-0.2, 0) is 4.79 Å². The maximum Gasteiger partial charge on any atom is 0.246 e. The van der Waals surface area contributed by atoms with Gasteiger partial charge in [0.2, 0.25) is 5.91 Å². The number of amides is 1. The topological polar surface area (TPSA) is 66.3 Å². The quantitative estimate of drug-likeness (QED) is 0.769. The average molecular weight is 408 g/mol. The van der Waals surface area contributed by atoms with E-state index in [-0.39, 0.29) is 16.7 Å². The zero-order valence-corrected chi connectivity index (χ0v) is 18.5. The van der Waals surface area contributed by atoms with Gasteiger partial charge in [0.15, 0.2) is 0 Å². The second-order valence-corrected chi connectivity index (χ2v) is 10.6. The first-order valence-electron chi connectivity index (χ1n) is 11.4. The number of hydrogen-bond donors (Lipinski definition) is 1. The summed E-state index contributed by atoms with van der Waals surface area (Å²) in [6.07, 6.45) is 14.7. The van der Waals surface area contributed by atoms with E-state index >= 15 is 0 Å². The minimum atomic E-state index is -0.401. The monoisotopic (exact) mass is 407 g/mol. The van der Waals surface area contributed by atoms with Crippen molar-refractivity contribution in [2.45, 2.75) is 65.0 Å². The molecule has 0 spiro atoms. The van der Waals surface area contributed by atoms with E-state index in [4.69, 9.17) is 0 Å². The molecule has 2 heterocycles. The fourth-order valence-electron chi connectivity index (χ4n) is 7.43. The van der Waals surface area contributed by atoms with Crippen molar-refractivity contribution in [3.63, 3.8) is 0 Å². The Morgan fingerprint density at radius 3 is 2.63 bits per heavy atom. The van der Waals surface area contributed by atoms with Crippen LogP contribution in [0.4, 0.5) is 0 Å². The maximum absolute atomic E-state index is 12.3. The van der Waals surface area contributed by atoms with Gasteiger partial charge in [0.25, 0.3) is 0 Å². The van der Waals surface area contributed by atoms with Crippen molar-refractivity contribution in [1.29, 1.82) is 0 Å². The van der Waals surface area contributed by atoms with Gasteiger partial charge in [0.1, 0.15) is 5.82 Å². The van der Waals surface area contributed by atoms with Gasteiger partial charge in [0.05, 0.1) is 6.10 Å². The van der Waals surface area contributed by atoms with E-state index in [1.54, 1.807) is 6.08 Å². The highest BCUT2D eigenvalue weighted by Gasteiger charge is 2.61. The fourth-order valence-corrected chi connectivity index (χ4v) is 7.43. The second kappa shape index (κ2) is 6.74. The predicted octanol–water partition coefficient (Wildman–Crippen LogP) is 3.78. The van der Waals surface area contributed by atoms with Gasteiger partial charge < -0.3 is 10.0 Å². The average Bonchev–Trinajstić information content (AvgIpc) is 2.98. The van der Waals surface area contributed by atoms with Crippen LogP contribution in [-0.4, -0.2) is 45.1 Å². The van der Waals surface area contributed by atoms with Gasteiger partial charge in [-0.2, -0.15) is 0 Å². The molecular formula is C25H33N3O2. The Labute approximate surface area is 179 Å². The first kappa shape index (κ1) is 19.9. The molecule has 7 atom stereocenters. The molecule has 0 bridgehead atoms.